The minimum atomic E-state index is 0.483. The van der Waals surface area contributed by atoms with Crippen LogP contribution in [-0.2, 0) is 14.5 Å². The van der Waals surface area contributed by atoms with Gasteiger partial charge >= 0.3 is 0 Å². The Kier molecular flexibility index (Phi) is 6.09. The van der Waals surface area contributed by atoms with E-state index >= 15 is 0 Å². The van der Waals surface area contributed by atoms with Gasteiger partial charge in [-0.05, 0) is 13.8 Å². The molecule has 0 amide bonds. The van der Waals surface area contributed by atoms with E-state index in [0.29, 0.717) is 17.1 Å². The van der Waals surface area contributed by atoms with E-state index in [2.05, 4.69) is 30.0 Å². The molecule has 6 heteroatoms. The highest BCUT2D eigenvalue weighted by molar-refractivity contribution is 6.67. The molecule has 0 heterocycles. The molecule has 0 saturated heterocycles. The van der Waals surface area contributed by atoms with E-state index in [9.17, 15) is 0 Å². The highest BCUT2D eigenvalue weighted by Crippen LogP contribution is 1.92. The van der Waals surface area contributed by atoms with E-state index in [0.717, 1.165) is 0 Å². The summed E-state index contributed by atoms with van der Waals surface area (Å²) in [5.74, 6) is 0. The average Bonchev–Trinajstić information content (AvgIpc) is 2.14. The highest BCUT2D eigenvalue weighted by atomic mass is 16.6. The van der Waals surface area contributed by atoms with E-state index < -0.39 is 0 Å². The minimum absolute atomic E-state index is 0.483. The molecule has 80 valence electrons. The molecule has 0 bridgehead atoms. The molecule has 0 unspecified atom stereocenters. The number of hydrogen-bond acceptors (Lipinski definition) is 6. The molecule has 0 radical (unpaired) electrons. The van der Waals surface area contributed by atoms with E-state index in [1.54, 1.807) is 13.8 Å². The van der Waals surface area contributed by atoms with Crippen LogP contribution in [0.2, 0.25) is 0 Å². The first-order valence-electron chi connectivity index (χ1n) is 3.94. The number of nitrogens with zero attached hydrogens (tertiary/aromatic N) is 3. The Morgan fingerprint density at radius 2 is 1.07 bits per heavy atom. The topological polar surface area (TPSA) is 64.8 Å². The van der Waals surface area contributed by atoms with Crippen molar-refractivity contribution in [2.24, 2.45) is 15.5 Å². The van der Waals surface area contributed by atoms with Gasteiger partial charge in [-0.1, -0.05) is 15.5 Å². The highest BCUT2D eigenvalue weighted by Gasteiger charge is 2.10. The van der Waals surface area contributed by atoms with Crippen molar-refractivity contribution >= 4 is 17.1 Å². The Hall–Kier alpha value is -1.59. The smallest absolute Gasteiger partial charge is 0.151 e. The lowest BCUT2D eigenvalue weighted by atomic mass is 10.2. The van der Waals surface area contributed by atoms with Crippen molar-refractivity contribution in [3.05, 3.63) is 0 Å². The third kappa shape index (κ3) is 3.88. The molecular formula is C8H15N3O3. The third-order valence-electron chi connectivity index (χ3n) is 1.32. The zero-order chi connectivity index (χ0) is 11.0. The summed E-state index contributed by atoms with van der Waals surface area (Å²) >= 11 is 0. The van der Waals surface area contributed by atoms with E-state index in [4.69, 9.17) is 0 Å². The summed E-state index contributed by atoms with van der Waals surface area (Å²) in [6, 6.07) is 0. The maximum absolute atomic E-state index is 4.65. The summed E-state index contributed by atoms with van der Waals surface area (Å²) < 4.78 is 0. The van der Waals surface area contributed by atoms with Crippen LogP contribution in [0.3, 0.4) is 0 Å². The lowest BCUT2D eigenvalue weighted by molar-refractivity contribution is 0.208. The van der Waals surface area contributed by atoms with Crippen LogP contribution in [0.25, 0.3) is 0 Å². The van der Waals surface area contributed by atoms with Crippen LogP contribution in [0.5, 0.6) is 0 Å². The van der Waals surface area contributed by atoms with Crippen LogP contribution < -0.4 is 0 Å². The van der Waals surface area contributed by atoms with Crippen molar-refractivity contribution in [2.75, 3.05) is 21.3 Å². The summed E-state index contributed by atoms with van der Waals surface area (Å²) in [5.41, 5.74) is 1.61. The molecule has 0 aromatic rings. The van der Waals surface area contributed by atoms with Gasteiger partial charge in [-0.3, -0.25) is 0 Å². The SMILES string of the molecule is CON=C(/C(C)=N/OC)/C(C)=N/OC. The Morgan fingerprint density at radius 1 is 0.714 bits per heavy atom. The molecule has 0 spiro atoms. The van der Waals surface area contributed by atoms with Gasteiger partial charge in [0.1, 0.15) is 32.8 Å². The molecule has 0 saturated carbocycles. The van der Waals surface area contributed by atoms with Gasteiger partial charge in [-0.15, -0.1) is 0 Å². The zero-order valence-electron chi connectivity index (χ0n) is 9.07. The van der Waals surface area contributed by atoms with E-state index in [1.807, 2.05) is 0 Å². The first-order chi connectivity index (χ1) is 6.67. The van der Waals surface area contributed by atoms with Crippen molar-refractivity contribution in [3.8, 4) is 0 Å². The molecular weight excluding hydrogens is 186 g/mol. The fourth-order valence-corrected chi connectivity index (χ4v) is 0.846. The molecule has 14 heavy (non-hydrogen) atoms. The largest absolute Gasteiger partial charge is 0.399 e. The zero-order valence-corrected chi connectivity index (χ0v) is 9.07. The van der Waals surface area contributed by atoms with Gasteiger partial charge in [0.05, 0.1) is 0 Å². The lowest BCUT2D eigenvalue weighted by Crippen LogP contribution is -2.20. The summed E-state index contributed by atoms with van der Waals surface area (Å²) in [4.78, 5) is 13.9. The molecule has 0 N–H and O–H groups in total. The summed E-state index contributed by atoms with van der Waals surface area (Å²) in [7, 11) is 4.35. The quantitative estimate of drug-likeness (QED) is 0.493. The predicted molar refractivity (Wildman–Crippen MR) is 54.7 cm³/mol. The van der Waals surface area contributed by atoms with Gasteiger partial charge < -0.3 is 14.5 Å². The van der Waals surface area contributed by atoms with Gasteiger partial charge in [0.25, 0.3) is 0 Å². The second-order valence-corrected chi connectivity index (χ2v) is 2.34. The van der Waals surface area contributed by atoms with Crippen LogP contribution in [0.1, 0.15) is 13.8 Å². The Balaban J connectivity index is 4.87. The fraction of sp³-hybridized carbons (Fsp3) is 0.625. The van der Waals surface area contributed by atoms with Gasteiger partial charge in [-0.25, -0.2) is 0 Å². The Labute approximate surface area is 83.2 Å². The number of oxime groups is 3. The molecule has 0 rings (SSSR count). The van der Waals surface area contributed by atoms with Crippen LogP contribution in [-0.4, -0.2) is 38.5 Å². The maximum Gasteiger partial charge on any atom is 0.151 e. The monoisotopic (exact) mass is 201 g/mol. The Morgan fingerprint density at radius 3 is 1.36 bits per heavy atom. The summed E-state index contributed by atoms with van der Waals surface area (Å²) in [5, 5.41) is 11.2. The maximum atomic E-state index is 4.65. The molecule has 6 nitrogen and oxygen atoms in total. The van der Waals surface area contributed by atoms with E-state index in [-0.39, 0.29) is 0 Å². The third-order valence-corrected chi connectivity index (χ3v) is 1.32. The van der Waals surface area contributed by atoms with E-state index in [1.165, 1.54) is 21.3 Å². The van der Waals surface area contributed by atoms with Crippen LogP contribution >= 0.6 is 0 Å². The molecule has 0 aromatic carbocycles. The second kappa shape index (κ2) is 6.88. The molecule has 0 aromatic heterocycles. The standard InChI is InChI=1S/C8H15N3O3/c1-6(9-12-3)8(11-14-5)7(2)10-13-4/h1-5H3/b9-6+,10-7+. The van der Waals surface area contributed by atoms with Gasteiger partial charge in [0, 0.05) is 0 Å². The second-order valence-electron chi connectivity index (χ2n) is 2.34. The lowest BCUT2D eigenvalue weighted by Gasteiger charge is -2.02. The van der Waals surface area contributed by atoms with Crippen LogP contribution in [0.4, 0.5) is 0 Å². The van der Waals surface area contributed by atoms with Gasteiger partial charge in [-0.2, -0.15) is 0 Å². The Bertz CT molecular complexity index is 237. The van der Waals surface area contributed by atoms with Crippen molar-refractivity contribution < 1.29 is 14.5 Å². The summed E-state index contributed by atoms with van der Waals surface area (Å²) in [6.07, 6.45) is 0. The first-order valence-corrected chi connectivity index (χ1v) is 3.94. The predicted octanol–water partition coefficient (Wildman–Crippen LogP) is 1.03. The normalized spacial score (nSPS) is 12.1. The fourth-order valence-electron chi connectivity index (χ4n) is 0.846. The summed E-state index contributed by atoms with van der Waals surface area (Å²) in [6.45, 7) is 3.46. The molecule has 0 atom stereocenters. The first kappa shape index (κ1) is 12.4. The van der Waals surface area contributed by atoms with Crippen LogP contribution in [0.15, 0.2) is 15.5 Å². The van der Waals surface area contributed by atoms with Crippen molar-refractivity contribution in [3.63, 3.8) is 0 Å². The molecule has 0 fully saturated rings. The molecule has 0 aliphatic rings. The van der Waals surface area contributed by atoms with Gasteiger partial charge in [0.15, 0.2) is 5.71 Å². The number of rotatable bonds is 5. The molecule has 0 aliphatic heterocycles. The average molecular weight is 201 g/mol. The van der Waals surface area contributed by atoms with Crippen molar-refractivity contribution in [1.82, 2.24) is 0 Å². The van der Waals surface area contributed by atoms with Crippen molar-refractivity contribution in [2.45, 2.75) is 13.8 Å². The number of hydrogen-bond donors (Lipinski definition) is 0. The molecule has 0 aliphatic carbocycles. The minimum Gasteiger partial charge on any atom is -0.399 e. The van der Waals surface area contributed by atoms with Gasteiger partial charge in [0.2, 0.25) is 0 Å². The van der Waals surface area contributed by atoms with Crippen molar-refractivity contribution in [1.29, 1.82) is 0 Å². The van der Waals surface area contributed by atoms with Crippen LogP contribution in [0, 0.1) is 0 Å².